The van der Waals surface area contributed by atoms with Crippen LogP contribution in [0.1, 0.15) is 37.6 Å². The van der Waals surface area contributed by atoms with E-state index in [1.54, 1.807) is 18.2 Å². The monoisotopic (exact) mass is 306 g/mol. The smallest absolute Gasteiger partial charge is 0.407 e. The number of carboxylic acids is 1. The number of ether oxygens (including phenoxy) is 1. The van der Waals surface area contributed by atoms with Crippen molar-refractivity contribution in [2.75, 3.05) is 18.0 Å². The summed E-state index contributed by atoms with van der Waals surface area (Å²) < 4.78 is 5.24. The van der Waals surface area contributed by atoms with Crippen LogP contribution < -0.4 is 10.2 Å². The highest BCUT2D eigenvalue weighted by molar-refractivity contribution is 5.88. The van der Waals surface area contributed by atoms with E-state index in [1.807, 2.05) is 26.8 Å². The average Bonchev–Trinajstić information content (AvgIpc) is 2.85. The maximum Gasteiger partial charge on any atom is 0.407 e. The summed E-state index contributed by atoms with van der Waals surface area (Å²) in [4.78, 5) is 24.9. The van der Waals surface area contributed by atoms with E-state index in [4.69, 9.17) is 9.84 Å². The predicted molar refractivity (Wildman–Crippen MR) is 83.4 cm³/mol. The number of nitrogens with one attached hydrogen (secondary N) is 1. The number of nitrogens with zero attached hydrogens (tertiary/aromatic N) is 1. The fourth-order valence-corrected chi connectivity index (χ4v) is 2.42. The first-order chi connectivity index (χ1) is 10.2. The van der Waals surface area contributed by atoms with Crippen LogP contribution >= 0.6 is 0 Å². The Morgan fingerprint density at radius 1 is 1.36 bits per heavy atom. The molecule has 2 rings (SSSR count). The van der Waals surface area contributed by atoms with Gasteiger partial charge in [0.25, 0.3) is 0 Å². The van der Waals surface area contributed by atoms with Crippen molar-refractivity contribution < 1.29 is 19.4 Å². The number of amides is 1. The van der Waals surface area contributed by atoms with Crippen LogP contribution in [0.25, 0.3) is 0 Å². The molecule has 1 aliphatic rings. The Morgan fingerprint density at radius 2 is 2.09 bits per heavy atom. The van der Waals surface area contributed by atoms with Crippen LogP contribution in [-0.2, 0) is 4.74 Å². The second-order valence-electron chi connectivity index (χ2n) is 6.43. The number of carbonyl (C=O) groups excluding carboxylic acids is 1. The molecule has 0 saturated carbocycles. The molecule has 0 unspecified atom stereocenters. The van der Waals surface area contributed by atoms with Gasteiger partial charge in [-0.1, -0.05) is 6.07 Å². The fraction of sp³-hybridized carbons (Fsp3) is 0.500. The molecule has 0 aromatic heterocycles. The molecular weight excluding hydrogens is 284 g/mol. The average molecular weight is 306 g/mol. The highest BCUT2D eigenvalue weighted by Gasteiger charge is 2.26. The Bertz CT molecular complexity index is 566. The zero-order chi connectivity index (χ0) is 16.3. The Balaban J connectivity index is 1.94. The van der Waals surface area contributed by atoms with Gasteiger partial charge in [-0.05, 0) is 45.4 Å². The number of carbonyl (C=O) groups is 2. The standard InChI is InChI=1S/C16H22N2O4/c1-16(2,3)22-15(21)17-12-7-8-18(10-12)13-6-4-5-11(9-13)14(19)20/h4-6,9,12H,7-8,10H2,1-3H3,(H,17,21)(H,19,20)/t12-/m1/s1. The summed E-state index contributed by atoms with van der Waals surface area (Å²) in [7, 11) is 0. The van der Waals surface area contributed by atoms with Crippen molar-refractivity contribution in [3.8, 4) is 0 Å². The molecule has 1 heterocycles. The highest BCUT2D eigenvalue weighted by atomic mass is 16.6. The largest absolute Gasteiger partial charge is 0.478 e. The number of carboxylic acid groups (broad SMARTS) is 1. The Hall–Kier alpha value is -2.24. The van der Waals surface area contributed by atoms with Crippen molar-refractivity contribution in [2.45, 2.75) is 38.8 Å². The minimum Gasteiger partial charge on any atom is -0.478 e. The zero-order valence-corrected chi connectivity index (χ0v) is 13.1. The lowest BCUT2D eigenvalue weighted by molar-refractivity contribution is 0.0508. The Morgan fingerprint density at radius 3 is 2.73 bits per heavy atom. The van der Waals surface area contributed by atoms with Crippen LogP contribution in [0.15, 0.2) is 24.3 Å². The first-order valence-corrected chi connectivity index (χ1v) is 7.32. The van der Waals surface area contributed by atoms with Crippen LogP contribution in [0, 0.1) is 0 Å². The second kappa shape index (κ2) is 6.25. The highest BCUT2D eigenvalue weighted by Crippen LogP contribution is 2.22. The number of hydrogen-bond donors (Lipinski definition) is 2. The van der Waals surface area contributed by atoms with Crippen molar-refractivity contribution in [1.82, 2.24) is 5.32 Å². The molecule has 1 aromatic rings. The van der Waals surface area contributed by atoms with Gasteiger partial charge in [0.15, 0.2) is 0 Å². The van der Waals surface area contributed by atoms with E-state index in [0.29, 0.717) is 6.54 Å². The number of aromatic carboxylic acids is 1. The molecule has 22 heavy (non-hydrogen) atoms. The van der Waals surface area contributed by atoms with Gasteiger partial charge < -0.3 is 20.1 Å². The maximum absolute atomic E-state index is 11.8. The molecule has 1 atom stereocenters. The van der Waals surface area contributed by atoms with E-state index >= 15 is 0 Å². The molecule has 120 valence electrons. The van der Waals surface area contributed by atoms with E-state index in [1.165, 1.54) is 0 Å². The fourth-order valence-electron chi connectivity index (χ4n) is 2.42. The Labute approximate surface area is 130 Å². The summed E-state index contributed by atoms with van der Waals surface area (Å²) in [6.45, 7) is 6.88. The predicted octanol–water partition coefficient (Wildman–Crippen LogP) is 2.49. The maximum atomic E-state index is 11.8. The van der Waals surface area contributed by atoms with Gasteiger partial charge in [0, 0.05) is 18.8 Å². The second-order valence-corrected chi connectivity index (χ2v) is 6.43. The van der Waals surface area contributed by atoms with Gasteiger partial charge in [-0.25, -0.2) is 9.59 Å². The summed E-state index contributed by atoms with van der Waals surface area (Å²) in [6, 6.07) is 6.83. The van der Waals surface area contributed by atoms with Crippen molar-refractivity contribution in [3.05, 3.63) is 29.8 Å². The molecule has 6 nitrogen and oxygen atoms in total. The molecule has 1 aliphatic heterocycles. The van der Waals surface area contributed by atoms with Gasteiger partial charge in [0.05, 0.1) is 11.6 Å². The summed E-state index contributed by atoms with van der Waals surface area (Å²) in [5.41, 5.74) is 0.604. The lowest BCUT2D eigenvalue weighted by Gasteiger charge is -2.22. The van der Waals surface area contributed by atoms with Gasteiger partial charge in [-0.15, -0.1) is 0 Å². The first-order valence-electron chi connectivity index (χ1n) is 7.32. The minimum absolute atomic E-state index is 0.00309. The van der Waals surface area contributed by atoms with Crippen molar-refractivity contribution in [3.63, 3.8) is 0 Å². The van der Waals surface area contributed by atoms with Crippen LogP contribution in [0.3, 0.4) is 0 Å². The molecule has 0 spiro atoms. The van der Waals surface area contributed by atoms with Crippen LogP contribution in [0.5, 0.6) is 0 Å². The van der Waals surface area contributed by atoms with Crippen LogP contribution in [0.2, 0.25) is 0 Å². The number of anilines is 1. The molecule has 1 amide bonds. The summed E-state index contributed by atoms with van der Waals surface area (Å²) >= 11 is 0. The Kier molecular flexibility index (Phi) is 4.59. The lowest BCUT2D eigenvalue weighted by atomic mass is 10.2. The third-order valence-corrected chi connectivity index (χ3v) is 3.37. The molecule has 1 aromatic carbocycles. The summed E-state index contributed by atoms with van der Waals surface area (Å²) in [6.07, 6.45) is 0.384. The molecule has 1 saturated heterocycles. The summed E-state index contributed by atoms with van der Waals surface area (Å²) in [5, 5.41) is 11.9. The molecule has 0 aliphatic carbocycles. The molecule has 0 bridgehead atoms. The van der Waals surface area contributed by atoms with E-state index in [-0.39, 0.29) is 11.6 Å². The van der Waals surface area contributed by atoms with Crippen molar-refractivity contribution >= 4 is 17.7 Å². The minimum atomic E-state index is -0.940. The normalized spacial score (nSPS) is 18.1. The lowest BCUT2D eigenvalue weighted by Crippen LogP contribution is -2.40. The number of alkyl carbamates (subject to hydrolysis) is 1. The quantitative estimate of drug-likeness (QED) is 0.897. The van der Waals surface area contributed by atoms with E-state index in [2.05, 4.69) is 10.2 Å². The van der Waals surface area contributed by atoms with Gasteiger partial charge in [0.2, 0.25) is 0 Å². The van der Waals surface area contributed by atoms with Crippen molar-refractivity contribution in [1.29, 1.82) is 0 Å². The van der Waals surface area contributed by atoms with E-state index in [0.717, 1.165) is 18.7 Å². The van der Waals surface area contributed by atoms with E-state index in [9.17, 15) is 9.59 Å². The number of rotatable bonds is 3. The summed E-state index contributed by atoms with van der Waals surface area (Å²) in [5.74, 6) is -0.940. The van der Waals surface area contributed by atoms with E-state index < -0.39 is 17.7 Å². The van der Waals surface area contributed by atoms with Crippen molar-refractivity contribution in [2.24, 2.45) is 0 Å². The zero-order valence-electron chi connectivity index (χ0n) is 13.1. The van der Waals surface area contributed by atoms with Gasteiger partial charge in [-0.2, -0.15) is 0 Å². The number of benzene rings is 1. The van der Waals surface area contributed by atoms with Gasteiger partial charge in [-0.3, -0.25) is 0 Å². The van der Waals surface area contributed by atoms with Crippen LogP contribution in [-0.4, -0.2) is 41.9 Å². The molecular formula is C16H22N2O4. The van der Waals surface area contributed by atoms with Crippen LogP contribution in [0.4, 0.5) is 10.5 Å². The SMILES string of the molecule is CC(C)(C)OC(=O)N[C@@H]1CCN(c2cccc(C(=O)O)c2)C1. The van der Waals surface area contributed by atoms with Gasteiger partial charge >= 0.3 is 12.1 Å². The third-order valence-electron chi connectivity index (χ3n) is 3.37. The third kappa shape index (κ3) is 4.38. The first kappa shape index (κ1) is 16.1. The molecule has 0 radical (unpaired) electrons. The molecule has 6 heteroatoms. The van der Waals surface area contributed by atoms with Gasteiger partial charge in [0.1, 0.15) is 5.60 Å². The number of hydrogen-bond acceptors (Lipinski definition) is 4. The topological polar surface area (TPSA) is 78.9 Å². The molecule has 2 N–H and O–H groups in total. The molecule has 1 fully saturated rings.